The van der Waals surface area contributed by atoms with Crippen LogP contribution in [-0.4, -0.2) is 11.8 Å². The minimum absolute atomic E-state index is 0. The Kier molecular flexibility index (Phi) is 5.08. The molecule has 9 heavy (non-hydrogen) atoms. The van der Waals surface area contributed by atoms with Crippen molar-refractivity contribution in [2.75, 3.05) is 0 Å². The standard InChI is InChI=1S/C2H8N4O2.Pd/c3-2(4,5)1(7)8-6;/h3-6H2;. The van der Waals surface area contributed by atoms with E-state index < -0.39 is 11.8 Å². The molecule has 0 saturated heterocycles. The van der Waals surface area contributed by atoms with Gasteiger partial charge in [0.15, 0.2) is 0 Å². The molecule has 6 nitrogen and oxygen atoms in total. The van der Waals surface area contributed by atoms with Crippen LogP contribution in [-0.2, 0) is 30.1 Å². The van der Waals surface area contributed by atoms with Crippen molar-refractivity contribution >= 4 is 5.97 Å². The molecule has 0 amide bonds. The fourth-order valence-electron chi connectivity index (χ4n) is 0.102. The molecule has 0 aliphatic carbocycles. The van der Waals surface area contributed by atoms with E-state index in [1.807, 2.05) is 0 Å². The summed E-state index contributed by atoms with van der Waals surface area (Å²) in [6.45, 7) is 0. The molecule has 58 valence electrons. The normalized spacial score (nSPS) is 9.78. The van der Waals surface area contributed by atoms with Crippen LogP contribution in [0.25, 0.3) is 0 Å². The Morgan fingerprint density at radius 1 is 1.33 bits per heavy atom. The molecule has 7 heteroatoms. The van der Waals surface area contributed by atoms with Crippen LogP contribution < -0.4 is 23.1 Å². The van der Waals surface area contributed by atoms with E-state index in [1.54, 1.807) is 0 Å². The number of nitrogens with two attached hydrogens (primary N) is 4. The average molecular weight is 227 g/mol. The van der Waals surface area contributed by atoms with Gasteiger partial charge >= 0.3 is 5.97 Å². The Labute approximate surface area is 65.5 Å². The van der Waals surface area contributed by atoms with Gasteiger partial charge < -0.3 is 4.84 Å². The summed E-state index contributed by atoms with van der Waals surface area (Å²) >= 11 is 0. The van der Waals surface area contributed by atoms with Crippen molar-refractivity contribution in [3.8, 4) is 0 Å². The molecule has 0 rings (SSSR count). The van der Waals surface area contributed by atoms with Crippen LogP contribution in [0.4, 0.5) is 0 Å². The summed E-state index contributed by atoms with van der Waals surface area (Å²) in [5.74, 6) is 1.33. The quantitative estimate of drug-likeness (QED) is 0.213. The van der Waals surface area contributed by atoms with Crippen LogP contribution in [0.5, 0.6) is 0 Å². The van der Waals surface area contributed by atoms with Gasteiger partial charge in [-0.15, -0.1) is 0 Å². The second kappa shape index (κ2) is 3.90. The van der Waals surface area contributed by atoms with E-state index in [2.05, 4.69) is 10.7 Å². The summed E-state index contributed by atoms with van der Waals surface area (Å²) < 4.78 is 0. The Morgan fingerprint density at radius 2 is 1.67 bits per heavy atom. The van der Waals surface area contributed by atoms with Crippen LogP contribution in [0.1, 0.15) is 0 Å². The van der Waals surface area contributed by atoms with E-state index in [4.69, 9.17) is 17.2 Å². The predicted molar refractivity (Wildman–Crippen MR) is 25.6 cm³/mol. The second-order valence-electron chi connectivity index (χ2n) is 1.34. The summed E-state index contributed by atoms with van der Waals surface area (Å²) in [5, 5.41) is 0. The first-order valence-electron chi connectivity index (χ1n) is 1.76. The van der Waals surface area contributed by atoms with Gasteiger partial charge in [0.2, 0.25) is 5.79 Å². The zero-order valence-electron chi connectivity index (χ0n) is 4.44. The summed E-state index contributed by atoms with van der Waals surface area (Å²) in [6, 6.07) is 0. The van der Waals surface area contributed by atoms with Gasteiger partial charge in [0.25, 0.3) is 0 Å². The van der Waals surface area contributed by atoms with Crippen molar-refractivity contribution in [3.63, 3.8) is 0 Å². The molecule has 0 heterocycles. The molecule has 0 atom stereocenters. The van der Waals surface area contributed by atoms with Crippen LogP contribution in [0, 0.1) is 0 Å². The van der Waals surface area contributed by atoms with Crippen molar-refractivity contribution in [2.45, 2.75) is 5.79 Å². The fourth-order valence-corrected chi connectivity index (χ4v) is 0.102. The van der Waals surface area contributed by atoms with Crippen molar-refractivity contribution in [2.24, 2.45) is 23.1 Å². The molecule has 0 aromatic heterocycles. The van der Waals surface area contributed by atoms with Crippen molar-refractivity contribution < 1.29 is 30.1 Å². The number of carbonyl (C=O) groups excluding carboxylic acids is 1. The summed E-state index contributed by atoms with van der Waals surface area (Å²) in [7, 11) is 0. The first-order chi connectivity index (χ1) is 3.48. The molecule has 0 radical (unpaired) electrons. The molecule has 0 aromatic rings. The molecule has 0 unspecified atom stereocenters. The number of hydrogen-bond acceptors (Lipinski definition) is 6. The van der Waals surface area contributed by atoms with Crippen LogP contribution in [0.3, 0.4) is 0 Å². The van der Waals surface area contributed by atoms with Gasteiger partial charge in [-0.05, 0) is 0 Å². The van der Waals surface area contributed by atoms with Gasteiger partial charge in [-0.3, -0.25) is 17.2 Å². The zero-order valence-corrected chi connectivity index (χ0v) is 6.00. The van der Waals surface area contributed by atoms with E-state index in [0.717, 1.165) is 0 Å². The SMILES string of the molecule is NOC(=O)C(N)(N)N.[Pd]. The maximum Gasteiger partial charge on any atom is 0.374 e. The molecule has 0 spiro atoms. The Morgan fingerprint density at radius 3 is 1.67 bits per heavy atom. The third kappa shape index (κ3) is 4.47. The van der Waals surface area contributed by atoms with E-state index in [9.17, 15) is 4.79 Å². The number of hydrogen-bond donors (Lipinski definition) is 4. The first-order valence-corrected chi connectivity index (χ1v) is 1.76. The Balaban J connectivity index is 0. The average Bonchev–Trinajstić information content (AvgIpc) is 1.62. The summed E-state index contributed by atoms with van der Waals surface area (Å²) in [5.41, 5.74) is 14.4. The Bertz CT molecular complexity index is 99.2. The molecule has 0 fully saturated rings. The van der Waals surface area contributed by atoms with Gasteiger partial charge in [0.05, 0.1) is 0 Å². The molecule has 0 aromatic carbocycles. The smallest absolute Gasteiger partial charge is 0.370 e. The van der Waals surface area contributed by atoms with Crippen LogP contribution >= 0.6 is 0 Å². The van der Waals surface area contributed by atoms with Gasteiger partial charge in [0, 0.05) is 20.4 Å². The number of rotatable bonds is 1. The summed E-state index contributed by atoms with van der Waals surface area (Å²) in [4.78, 5) is 13.7. The third-order valence-electron chi connectivity index (χ3n) is 0.461. The van der Waals surface area contributed by atoms with E-state index in [1.165, 1.54) is 0 Å². The monoisotopic (exact) mass is 226 g/mol. The molecular formula is C2H8N4O2Pd. The van der Waals surface area contributed by atoms with Gasteiger partial charge in [-0.25, -0.2) is 4.79 Å². The van der Waals surface area contributed by atoms with Crippen LogP contribution in [0.2, 0.25) is 0 Å². The summed E-state index contributed by atoms with van der Waals surface area (Å²) in [6.07, 6.45) is 0. The molecule has 0 aliphatic rings. The minimum Gasteiger partial charge on any atom is -0.370 e. The van der Waals surface area contributed by atoms with Crippen LogP contribution in [0.15, 0.2) is 0 Å². The largest absolute Gasteiger partial charge is 0.374 e. The maximum atomic E-state index is 10.1. The topological polar surface area (TPSA) is 130 Å². The minimum atomic E-state index is -1.98. The first kappa shape index (κ1) is 11.7. The molecule has 0 aliphatic heterocycles. The van der Waals surface area contributed by atoms with Crippen molar-refractivity contribution in [1.29, 1.82) is 0 Å². The molecule has 0 saturated carbocycles. The molecule has 8 N–H and O–H groups in total. The maximum absolute atomic E-state index is 10.1. The van der Waals surface area contributed by atoms with Gasteiger partial charge in [0.1, 0.15) is 0 Å². The van der Waals surface area contributed by atoms with Gasteiger partial charge in [-0.2, -0.15) is 5.90 Å². The van der Waals surface area contributed by atoms with E-state index in [-0.39, 0.29) is 20.4 Å². The number of carbonyl (C=O) groups is 1. The van der Waals surface area contributed by atoms with E-state index in [0.29, 0.717) is 0 Å². The van der Waals surface area contributed by atoms with Gasteiger partial charge in [-0.1, -0.05) is 0 Å². The Hall–Kier alpha value is -0.0277. The molecular weight excluding hydrogens is 218 g/mol. The van der Waals surface area contributed by atoms with Crippen molar-refractivity contribution in [1.82, 2.24) is 0 Å². The second-order valence-corrected chi connectivity index (χ2v) is 1.34. The fraction of sp³-hybridized carbons (Fsp3) is 0.500. The third-order valence-corrected chi connectivity index (χ3v) is 0.461. The van der Waals surface area contributed by atoms with E-state index >= 15 is 0 Å². The van der Waals surface area contributed by atoms with Crippen molar-refractivity contribution in [3.05, 3.63) is 0 Å². The molecule has 0 bridgehead atoms. The zero-order chi connectivity index (χ0) is 6.78. The predicted octanol–water partition coefficient (Wildman–Crippen LogP) is -3.07.